The van der Waals surface area contributed by atoms with Gasteiger partial charge in [0.25, 0.3) is 5.78 Å². The monoisotopic (exact) mass is 508 g/mol. The first-order valence-corrected chi connectivity index (χ1v) is 12.0. The maximum atomic E-state index is 13.3. The van der Waals surface area contributed by atoms with Crippen LogP contribution < -0.4 is 9.64 Å². The molecule has 3 aromatic rings. The van der Waals surface area contributed by atoms with Crippen molar-refractivity contribution in [1.82, 2.24) is 4.98 Å². The van der Waals surface area contributed by atoms with E-state index in [0.29, 0.717) is 29.2 Å². The molecular formula is C26H24N2O7S. The third-order valence-corrected chi connectivity index (χ3v) is 6.73. The standard InChI is InChI=1S/C26H24N2O7S/c1-4-12-35-18-10-8-15(9-11-18)21(30)19-20(16-6-5-7-17(29)13-16)28(24(32)22(19)31)26-27-14(2)23(36-26)25(33)34-3/h5-11,13,20,29-30H,4,12H2,1-3H3/t20-/m0/s1. The number of hydrogen-bond donors (Lipinski definition) is 2. The van der Waals surface area contributed by atoms with Gasteiger partial charge < -0.3 is 19.7 Å². The number of benzene rings is 2. The van der Waals surface area contributed by atoms with E-state index in [-0.39, 0.29) is 27.1 Å². The van der Waals surface area contributed by atoms with Crippen LogP contribution in [0.1, 0.15) is 45.9 Å². The molecule has 1 amide bonds. The number of aromatic nitrogens is 1. The van der Waals surface area contributed by atoms with Gasteiger partial charge in [-0.25, -0.2) is 9.78 Å². The lowest BCUT2D eigenvalue weighted by molar-refractivity contribution is -0.132. The van der Waals surface area contributed by atoms with Crippen LogP contribution in [0.5, 0.6) is 11.5 Å². The van der Waals surface area contributed by atoms with E-state index < -0.39 is 23.7 Å². The maximum absolute atomic E-state index is 13.3. The van der Waals surface area contributed by atoms with Gasteiger partial charge in [0.2, 0.25) is 0 Å². The Labute approximate surface area is 211 Å². The van der Waals surface area contributed by atoms with E-state index in [2.05, 4.69) is 4.98 Å². The van der Waals surface area contributed by atoms with Gasteiger partial charge in [0, 0.05) is 5.56 Å². The molecule has 2 aromatic carbocycles. The van der Waals surface area contributed by atoms with Crippen LogP contribution in [0, 0.1) is 6.92 Å². The number of aliphatic hydroxyl groups excluding tert-OH is 1. The summed E-state index contributed by atoms with van der Waals surface area (Å²) in [7, 11) is 1.23. The van der Waals surface area contributed by atoms with Crippen molar-refractivity contribution in [1.29, 1.82) is 0 Å². The molecule has 2 N–H and O–H groups in total. The largest absolute Gasteiger partial charge is 0.508 e. The minimum Gasteiger partial charge on any atom is -0.508 e. The molecule has 0 unspecified atom stereocenters. The van der Waals surface area contributed by atoms with Gasteiger partial charge in [-0.05, 0) is 55.3 Å². The van der Waals surface area contributed by atoms with Gasteiger partial charge in [-0.1, -0.05) is 30.4 Å². The van der Waals surface area contributed by atoms with Crippen molar-refractivity contribution in [3.8, 4) is 11.5 Å². The third-order valence-electron chi connectivity index (χ3n) is 5.59. The summed E-state index contributed by atoms with van der Waals surface area (Å²) in [6.07, 6.45) is 0.836. The van der Waals surface area contributed by atoms with E-state index >= 15 is 0 Å². The number of hydrogen-bond acceptors (Lipinski definition) is 9. The Morgan fingerprint density at radius 2 is 1.89 bits per heavy atom. The number of aromatic hydroxyl groups is 1. The zero-order valence-corrected chi connectivity index (χ0v) is 20.7. The number of rotatable bonds is 7. The quantitative estimate of drug-likeness (QED) is 0.209. The second-order valence-corrected chi connectivity index (χ2v) is 9.02. The number of phenolic OH excluding ortho intramolecular Hbond substituents is 1. The predicted molar refractivity (Wildman–Crippen MR) is 133 cm³/mol. The first-order valence-electron chi connectivity index (χ1n) is 11.2. The topological polar surface area (TPSA) is 126 Å². The number of thiazole rings is 1. The Hall–Kier alpha value is -4.18. The van der Waals surface area contributed by atoms with E-state index in [1.165, 1.54) is 19.2 Å². The normalized spacial score (nSPS) is 16.9. The second-order valence-electron chi connectivity index (χ2n) is 8.04. The molecule has 9 nitrogen and oxygen atoms in total. The fourth-order valence-corrected chi connectivity index (χ4v) is 4.90. The number of carbonyl (C=O) groups excluding carboxylic acids is 3. The molecular weight excluding hydrogens is 484 g/mol. The van der Waals surface area contributed by atoms with Gasteiger partial charge in [-0.3, -0.25) is 14.5 Å². The van der Waals surface area contributed by atoms with Crippen LogP contribution in [0.3, 0.4) is 0 Å². The molecule has 0 spiro atoms. The molecule has 186 valence electrons. The smallest absolute Gasteiger partial charge is 0.350 e. The highest BCUT2D eigenvalue weighted by Crippen LogP contribution is 2.44. The van der Waals surface area contributed by atoms with Crippen molar-refractivity contribution in [3.63, 3.8) is 0 Å². The number of esters is 1. The molecule has 1 aliphatic rings. The molecule has 0 aliphatic carbocycles. The number of ketones is 1. The summed E-state index contributed by atoms with van der Waals surface area (Å²) in [6, 6.07) is 11.5. The number of aryl methyl sites for hydroxylation is 1. The molecule has 36 heavy (non-hydrogen) atoms. The van der Waals surface area contributed by atoms with Gasteiger partial charge in [-0.2, -0.15) is 0 Å². The fourth-order valence-electron chi connectivity index (χ4n) is 3.89. The Bertz CT molecular complexity index is 1360. The molecule has 2 heterocycles. The van der Waals surface area contributed by atoms with E-state index in [9.17, 15) is 24.6 Å². The van der Waals surface area contributed by atoms with Crippen molar-refractivity contribution in [2.24, 2.45) is 0 Å². The highest BCUT2D eigenvalue weighted by atomic mass is 32.1. The minimum atomic E-state index is -1.09. The molecule has 1 fully saturated rings. The van der Waals surface area contributed by atoms with Crippen molar-refractivity contribution >= 4 is 39.9 Å². The van der Waals surface area contributed by atoms with Gasteiger partial charge in [0.15, 0.2) is 5.13 Å². The van der Waals surface area contributed by atoms with Crippen molar-refractivity contribution in [2.45, 2.75) is 26.3 Å². The summed E-state index contributed by atoms with van der Waals surface area (Å²) in [5.74, 6) is -2.31. The third kappa shape index (κ3) is 4.55. The summed E-state index contributed by atoms with van der Waals surface area (Å²) in [4.78, 5) is 44.3. The molecule has 1 saturated heterocycles. The molecule has 0 bridgehead atoms. The van der Waals surface area contributed by atoms with Crippen LogP contribution in [0.4, 0.5) is 5.13 Å². The number of anilines is 1. The van der Waals surface area contributed by atoms with Gasteiger partial charge in [0.05, 0.1) is 31.0 Å². The van der Waals surface area contributed by atoms with Crippen LogP contribution in [0.15, 0.2) is 54.1 Å². The van der Waals surface area contributed by atoms with Crippen LogP contribution in [0.25, 0.3) is 5.76 Å². The molecule has 0 saturated carbocycles. The number of nitrogens with zero attached hydrogens (tertiary/aromatic N) is 2. The number of ether oxygens (including phenoxy) is 2. The number of aliphatic hydroxyl groups is 1. The van der Waals surface area contributed by atoms with E-state index in [0.717, 1.165) is 22.7 Å². The van der Waals surface area contributed by atoms with Crippen LogP contribution in [-0.4, -0.2) is 46.6 Å². The molecule has 10 heteroatoms. The molecule has 1 aromatic heterocycles. The average molecular weight is 509 g/mol. The average Bonchev–Trinajstić information content (AvgIpc) is 3.38. The Morgan fingerprint density at radius 1 is 1.17 bits per heavy atom. The minimum absolute atomic E-state index is 0.0823. The maximum Gasteiger partial charge on any atom is 0.350 e. The Morgan fingerprint density at radius 3 is 2.53 bits per heavy atom. The van der Waals surface area contributed by atoms with E-state index in [1.807, 2.05) is 6.92 Å². The first-order chi connectivity index (χ1) is 17.3. The Kier molecular flexibility index (Phi) is 7.07. The van der Waals surface area contributed by atoms with E-state index in [1.54, 1.807) is 43.3 Å². The molecule has 0 radical (unpaired) electrons. The van der Waals surface area contributed by atoms with Gasteiger partial charge in [0.1, 0.15) is 22.1 Å². The van der Waals surface area contributed by atoms with Crippen molar-refractivity contribution in [3.05, 3.63) is 75.8 Å². The summed E-state index contributed by atoms with van der Waals surface area (Å²) in [6.45, 7) is 4.11. The number of phenols is 1. The van der Waals surface area contributed by atoms with Crippen molar-refractivity contribution in [2.75, 3.05) is 18.6 Å². The molecule has 1 atom stereocenters. The highest BCUT2D eigenvalue weighted by molar-refractivity contribution is 7.17. The number of amides is 1. The summed E-state index contributed by atoms with van der Waals surface area (Å²) >= 11 is 0.901. The van der Waals surface area contributed by atoms with Crippen molar-refractivity contribution < 1.29 is 34.1 Å². The van der Waals surface area contributed by atoms with Gasteiger partial charge in [-0.15, -0.1) is 0 Å². The SMILES string of the molecule is CCCOc1ccc(C(O)=C2C(=O)C(=O)N(c3nc(C)c(C(=O)OC)s3)[C@H]2c2cccc(O)c2)cc1. The fraction of sp³-hybridized carbons (Fsp3) is 0.231. The number of carbonyl (C=O) groups is 3. The zero-order valence-electron chi connectivity index (χ0n) is 19.8. The summed E-state index contributed by atoms with van der Waals surface area (Å²) < 4.78 is 10.4. The van der Waals surface area contributed by atoms with E-state index in [4.69, 9.17) is 9.47 Å². The first kappa shape index (κ1) is 24.9. The second kappa shape index (κ2) is 10.2. The molecule has 4 rings (SSSR count). The zero-order chi connectivity index (χ0) is 26.0. The van der Waals surface area contributed by atoms with Crippen LogP contribution in [-0.2, 0) is 14.3 Å². The van der Waals surface area contributed by atoms with Gasteiger partial charge >= 0.3 is 11.9 Å². The molecule has 1 aliphatic heterocycles. The number of methoxy groups -OCH3 is 1. The summed E-state index contributed by atoms with van der Waals surface area (Å²) in [5, 5.41) is 21.4. The lowest BCUT2D eigenvalue weighted by atomic mass is 9.95. The Balaban J connectivity index is 1.86. The lowest BCUT2D eigenvalue weighted by Gasteiger charge is -2.23. The predicted octanol–water partition coefficient (Wildman–Crippen LogP) is 4.36. The number of Topliss-reactive ketones (excluding diaryl/α,β-unsaturated/α-hetero) is 1. The highest BCUT2D eigenvalue weighted by Gasteiger charge is 2.48. The summed E-state index contributed by atoms with van der Waals surface area (Å²) in [5.41, 5.74) is 0.861. The van der Waals surface area contributed by atoms with Crippen LogP contribution >= 0.6 is 11.3 Å². The van der Waals surface area contributed by atoms with Crippen LogP contribution in [0.2, 0.25) is 0 Å². The lowest BCUT2D eigenvalue weighted by Crippen LogP contribution is -2.29.